The molecule has 38 heavy (non-hydrogen) atoms. The summed E-state index contributed by atoms with van der Waals surface area (Å²) in [6.45, 7) is 8.23. The summed E-state index contributed by atoms with van der Waals surface area (Å²) in [7, 11) is -3.95. The molecule has 0 unspecified atom stereocenters. The van der Waals surface area contributed by atoms with Gasteiger partial charge in [-0.3, -0.25) is 4.79 Å². The molecule has 3 heterocycles. The Kier molecular flexibility index (Phi) is 7.02. The van der Waals surface area contributed by atoms with E-state index < -0.39 is 15.9 Å². The Morgan fingerprint density at radius 3 is 2.55 bits per heavy atom. The van der Waals surface area contributed by atoms with Crippen LogP contribution in [0.3, 0.4) is 0 Å². The number of piperidine rings is 1. The van der Waals surface area contributed by atoms with Crippen LogP contribution in [0.15, 0.2) is 39.8 Å². The molecule has 3 aromatic rings. The maximum absolute atomic E-state index is 13.8. The average molecular weight is 538 g/mol. The smallest absolute Gasteiger partial charge is 0.248 e. The van der Waals surface area contributed by atoms with Crippen molar-refractivity contribution >= 4 is 33.8 Å². The van der Waals surface area contributed by atoms with E-state index in [0.29, 0.717) is 36.6 Å². The highest BCUT2D eigenvalue weighted by molar-refractivity contribution is 7.89. The second-order valence-electron chi connectivity index (χ2n) is 9.87. The Labute approximate surface area is 222 Å². The normalized spacial score (nSPS) is 17.7. The Bertz CT molecular complexity index is 1500. The van der Waals surface area contributed by atoms with Gasteiger partial charge in [0.2, 0.25) is 22.7 Å². The van der Waals surface area contributed by atoms with Crippen molar-refractivity contribution in [2.75, 3.05) is 25.2 Å². The zero-order valence-electron chi connectivity index (χ0n) is 21.9. The fraction of sp³-hybridized carbons (Fsp3) is 0.357. The first-order valence-corrected chi connectivity index (χ1v) is 14.0. The molecule has 2 aliphatic heterocycles. The second kappa shape index (κ2) is 10.3. The number of aryl methyl sites for hydroxylation is 4. The van der Waals surface area contributed by atoms with E-state index in [1.54, 1.807) is 31.2 Å². The summed E-state index contributed by atoms with van der Waals surface area (Å²) in [5.74, 6) is 0.626. The molecule has 0 saturated carbocycles. The van der Waals surface area contributed by atoms with E-state index in [1.165, 1.54) is 4.31 Å². The number of carbonyl (C=O) groups excluding carboxylic acids is 1. The Hall–Kier alpha value is -3.63. The van der Waals surface area contributed by atoms with Crippen LogP contribution in [-0.4, -0.2) is 43.7 Å². The number of hydrogen-bond donors (Lipinski definition) is 1. The summed E-state index contributed by atoms with van der Waals surface area (Å²) in [5.41, 5.74) is 5.21. The topological polar surface area (TPSA) is 111 Å². The van der Waals surface area contributed by atoms with E-state index >= 15 is 0 Å². The Morgan fingerprint density at radius 2 is 1.79 bits per heavy atom. The van der Waals surface area contributed by atoms with Gasteiger partial charge in [-0.05, 0) is 75.4 Å². The first-order chi connectivity index (χ1) is 18.1. The molecule has 1 N–H and O–H groups in total. The maximum Gasteiger partial charge on any atom is 0.248 e. The summed E-state index contributed by atoms with van der Waals surface area (Å²) < 4.78 is 45.0. The molecule has 0 radical (unpaired) electrons. The zero-order valence-corrected chi connectivity index (χ0v) is 22.7. The van der Waals surface area contributed by atoms with Gasteiger partial charge in [-0.15, -0.1) is 0 Å². The molecule has 5 rings (SSSR count). The summed E-state index contributed by atoms with van der Waals surface area (Å²) in [4.78, 5) is 13.1. The molecule has 200 valence electrons. The van der Waals surface area contributed by atoms with Crippen LogP contribution in [0.25, 0.3) is 12.2 Å². The molecule has 1 saturated heterocycles. The highest BCUT2D eigenvalue weighted by Crippen LogP contribution is 2.35. The van der Waals surface area contributed by atoms with Crippen molar-refractivity contribution in [2.45, 2.75) is 45.4 Å². The van der Waals surface area contributed by atoms with Gasteiger partial charge in [-0.2, -0.15) is 4.31 Å². The standard InChI is InChI=1S/C28H31N3O6S/c1-17-12-18(2)23(19(3)13-17)8-10-25-27(20(4)30-37-25)38(33,34)31-11-5-6-21(15-31)28(32)29-22-7-9-24-26(14-22)36-16-35-24/h7-10,12-14,21H,5-6,11,15-16H2,1-4H3,(H,29,32)/b10-8+/t21-/m1/s1. The lowest BCUT2D eigenvalue weighted by atomic mass is 9.98. The van der Waals surface area contributed by atoms with E-state index in [1.807, 2.05) is 26.8 Å². The number of benzene rings is 2. The lowest BCUT2D eigenvalue weighted by molar-refractivity contribution is -0.120. The average Bonchev–Trinajstić information content (AvgIpc) is 3.49. The highest BCUT2D eigenvalue weighted by atomic mass is 32.2. The van der Waals surface area contributed by atoms with Gasteiger partial charge in [-0.25, -0.2) is 8.42 Å². The van der Waals surface area contributed by atoms with E-state index in [4.69, 9.17) is 14.0 Å². The number of nitrogens with zero attached hydrogens (tertiary/aromatic N) is 2. The summed E-state index contributed by atoms with van der Waals surface area (Å²) in [6.07, 6.45) is 4.67. The molecule has 10 heteroatoms. The van der Waals surface area contributed by atoms with Crippen LogP contribution in [0.2, 0.25) is 0 Å². The number of aromatic nitrogens is 1. The van der Waals surface area contributed by atoms with Gasteiger partial charge < -0.3 is 19.3 Å². The number of hydrogen-bond acceptors (Lipinski definition) is 7. The monoisotopic (exact) mass is 537 g/mol. The van der Waals surface area contributed by atoms with Crippen LogP contribution in [-0.2, 0) is 14.8 Å². The molecule has 0 spiro atoms. The van der Waals surface area contributed by atoms with Gasteiger partial charge in [0.1, 0.15) is 5.69 Å². The molecule has 1 atom stereocenters. The second-order valence-corrected chi connectivity index (χ2v) is 11.7. The van der Waals surface area contributed by atoms with Crippen LogP contribution < -0.4 is 14.8 Å². The van der Waals surface area contributed by atoms with Crippen molar-refractivity contribution in [3.05, 3.63) is 64.0 Å². The number of sulfonamides is 1. The van der Waals surface area contributed by atoms with Crippen LogP contribution in [0.4, 0.5) is 5.69 Å². The quantitative estimate of drug-likeness (QED) is 0.479. The fourth-order valence-corrected chi connectivity index (χ4v) is 6.91. The van der Waals surface area contributed by atoms with E-state index in [9.17, 15) is 13.2 Å². The van der Waals surface area contributed by atoms with Crippen molar-refractivity contribution in [1.82, 2.24) is 9.46 Å². The van der Waals surface area contributed by atoms with Gasteiger partial charge in [0, 0.05) is 24.8 Å². The van der Waals surface area contributed by atoms with Crippen molar-refractivity contribution in [3.8, 4) is 11.5 Å². The molecule has 2 aliphatic rings. The highest BCUT2D eigenvalue weighted by Gasteiger charge is 2.37. The van der Waals surface area contributed by atoms with Crippen LogP contribution in [0.1, 0.15) is 46.5 Å². The Balaban J connectivity index is 1.35. The molecule has 0 bridgehead atoms. The van der Waals surface area contributed by atoms with Gasteiger partial charge in [-0.1, -0.05) is 28.9 Å². The predicted molar refractivity (Wildman–Crippen MR) is 143 cm³/mol. The minimum atomic E-state index is -3.95. The number of ether oxygens (including phenoxy) is 2. The number of rotatable bonds is 6. The van der Waals surface area contributed by atoms with E-state index in [0.717, 1.165) is 22.3 Å². The van der Waals surface area contributed by atoms with Crippen LogP contribution in [0.5, 0.6) is 11.5 Å². The molecule has 0 aliphatic carbocycles. The number of anilines is 1. The lowest BCUT2D eigenvalue weighted by Gasteiger charge is -2.31. The summed E-state index contributed by atoms with van der Waals surface area (Å²) in [5, 5.41) is 6.84. The molecular formula is C28H31N3O6S. The number of amides is 1. The van der Waals surface area contributed by atoms with Gasteiger partial charge in [0.15, 0.2) is 22.2 Å². The third kappa shape index (κ3) is 5.06. The Morgan fingerprint density at radius 1 is 1.05 bits per heavy atom. The van der Waals surface area contributed by atoms with Crippen LogP contribution in [0, 0.1) is 33.6 Å². The van der Waals surface area contributed by atoms with E-state index in [2.05, 4.69) is 22.6 Å². The van der Waals surface area contributed by atoms with Gasteiger partial charge >= 0.3 is 0 Å². The van der Waals surface area contributed by atoms with Gasteiger partial charge in [0.05, 0.1) is 5.92 Å². The molecule has 1 aromatic heterocycles. The first kappa shape index (κ1) is 26.0. The first-order valence-electron chi connectivity index (χ1n) is 12.6. The lowest BCUT2D eigenvalue weighted by Crippen LogP contribution is -2.43. The van der Waals surface area contributed by atoms with Crippen molar-refractivity contribution in [3.63, 3.8) is 0 Å². The molecule has 2 aromatic carbocycles. The summed E-state index contributed by atoms with van der Waals surface area (Å²) in [6, 6.07) is 9.34. The van der Waals surface area contributed by atoms with Crippen molar-refractivity contribution in [1.29, 1.82) is 0 Å². The number of carbonyl (C=O) groups is 1. The third-order valence-corrected chi connectivity index (χ3v) is 8.99. The fourth-order valence-electron chi connectivity index (χ4n) is 5.13. The van der Waals surface area contributed by atoms with Gasteiger partial charge in [0.25, 0.3) is 0 Å². The molecular weight excluding hydrogens is 506 g/mol. The number of nitrogens with one attached hydrogen (secondary N) is 1. The SMILES string of the molecule is Cc1cc(C)c(/C=C/c2onc(C)c2S(=O)(=O)N2CCC[C@@H](C(=O)Nc3ccc4c(c3)OCO4)C2)c(C)c1. The third-order valence-electron chi connectivity index (χ3n) is 6.97. The molecule has 9 nitrogen and oxygen atoms in total. The maximum atomic E-state index is 13.8. The molecule has 1 amide bonds. The molecule has 1 fully saturated rings. The number of fused-ring (bicyclic) bond motifs is 1. The van der Waals surface area contributed by atoms with Crippen LogP contribution >= 0.6 is 0 Å². The summed E-state index contributed by atoms with van der Waals surface area (Å²) >= 11 is 0. The zero-order chi connectivity index (χ0) is 27.0. The minimum Gasteiger partial charge on any atom is -0.454 e. The predicted octanol–water partition coefficient (Wildman–Crippen LogP) is 4.85. The largest absolute Gasteiger partial charge is 0.454 e. The van der Waals surface area contributed by atoms with Crippen molar-refractivity contribution < 1.29 is 27.2 Å². The minimum absolute atomic E-state index is 0.0352. The van der Waals surface area contributed by atoms with E-state index in [-0.39, 0.29) is 35.6 Å². The van der Waals surface area contributed by atoms with Crippen molar-refractivity contribution in [2.24, 2.45) is 5.92 Å².